The molecule has 2 aliphatic rings. The van der Waals surface area contributed by atoms with Crippen LogP contribution in [0.25, 0.3) is 11.0 Å². The van der Waals surface area contributed by atoms with Crippen molar-refractivity contribution in [1.82, 2.24) is 19.8 Å². The first-order valence-corrected chi connectivity index (χ1v) is 12.0. The van der Waals surface area contributed by atoms with Gasteiger partial charge in [0.1, 0.15) is 5.54 Å². The number of benzene rings is 2. The Kier molecular flexibility index (Phi) is 5.47. The van der Waals surface area contributed by atoms with E-state index in [1.165, 1.54) is 0 Å². The second kappa shape index (κ2) is 8.32. The lowest BCUT2D eigenvalue weighted by molar-refractivity contribution is -0.134. The highest BCUT2D eigenvalue weighted by molar-refractivity contribution is 6.01. The molecule has 6 nitrogen and oxygen atoms in total. The summed E-state index contributed by atoms with van der Waals surface area (Å²) in [5.41, 5.74) is 2.80. The van der Waals surface area contributed by atoms with Gasteiger partial charge in [0.25, 0.3) is 5.91 Å². The monoisotopic (exact) mass is 444 g/mol. The zero-order chi connectivity index (χ0) is 23.2. The predicted molar refractivity (Wildman–Crippen MR) is 129 cm³/mol. The van der Waals surface area contributed by atoms with E-state index in [1.807, 2.05) is 66.9 Å². The van der Waals surface area contributed by atoms with E-state index in [4.69, 9.17) is 0 Å². The van der Waals surface area contributed by atoms with E-state index in [-0.39, 0.29) is 17.9 Å². The van der Waals surface area contributed by atoms with Gasteiger partial charge in [-0.1, -0.05) is 43.3 Å². The summed E-state index contributed by atoms with van der Waals surface area (Å²) in [4.78, 5) is 34.0. The van der Waals surface area contributed by atoms with Gasteiger partial charge in [-0.3, -0.25) is 9.59 Å². The molecule has 0 bridgehead atoms. The average molecular weight is 445 g/mol. The van der Waals surface area contributed by atoms with Crippen molar-refractivity contribution in [3.8, 4) is 0 Å². The number of fused-ring (bicyclic) bond motifs is 3. The lowest BCUT2D eigenvalue weighted by atomic mass is 9.86. The molecule has 0 unspecified atom stereocenters. The topological polar surface area (TPSA) is 67.2 Å². The first-order chi connectivity index (χ1) is 15.9. The molecule has 2 aromatic carbocycles. The second-order valence-electron chi connectivity index (χ2n) is 10.0. The summed E-state index contributed by atoms with van der Waals surface area (Å²) in [6, 6.07) is 16.0. The maximum atomic E-state index is 13.8. The number of imidazole rings is 1. The fourth-order valence-electron chi connectivity index (χ4n) is 5.28. The number of rotatable bonds is 4. The van der Waals surface area contributed by atoms with Crippen molar-refractivity contribution < 1.29 is 9.59 Å². The van der Waals surface area contributed by atoms with Gasteiger partial charge in [-0.15, -0.1) is 0 Å². The van der Waals surface area contributed by atoms with Crippen molar-refractivity contribution in [3.63, 3.8) is 0 Å². The van der Waals surface area contributed by atoms with Crippen LogP contribution in [0.15, 0.2) is 48.5 Å². The summed E-state index contributed by atoms with van der Waals surface area (Å²) in [5, 5.41) is 3.31. The van der Waals surface area contributed by atoms with Gasteiger partial charge >= 0.3 is 0 Å². The summed E-state index contributed by atoms with van der Waals surface area (Å²) in [6.45, 7) is 6.98. The molecule has 172 valence electrons. The van der Waals surface area contributed by atoms with Gasteiger partial charge in [-0.25, -0.2) is 4.98 Å². The first kappa shape index (κ1) is 21.7. The highest BCUT2D eigenvalue weighted by atomic mass is 16.2. The van der Waals surface area contributed by atoms with E-state index in [1.54, 1.807) is 4.90 Å². The summed E-state index contributed by atoms with van der Waals surface area (Å²) in [5.74, 6) is 0.840. The standard InChI is InChI=1S/C27H32N4O2/c1-18-12-14-21(15-13-18)28-26(33)27(3)17-30-23-11-7-6-10-22(23)29-24(30)25(32)31(27)16-20-9-5-4-8-19(20)2/h4-11,18,21H,12-17H2,1-3H3,(H,28,33)/t18?,21?,27-/m1/s1. The molecule has 0 radical (unpaired) electrons. The highest BCUT2D eigenvalue weighted by Gasteiger charge is 2.49. The van der Waals surface area contributed by atoms with Gasteiger partial charge < -0.3 is 14.8 Å². The van der Waals surface area contributed by atoms with Crippen LogP contribution in [0.3, 0.4) is 0 Å². The van der Waals surface area contributed by atoms with Crippen molar-refractivity contribution in [2.45, 2.75) is 71.1 Å². The van der Waals surface area contributed by atoms with E-state index >= 15 is 0 Å². The summed E-state index contributed by atoms with van der Waals surface area (Å²) < 4.78 is 1.93. The molecular weight excluding hydrogens is 412 g/mol. The van der Waals surface area contributed by atoms with E-state index in [0.29, 0.717) is 24.8 Å². The molecular formula is C27H32N4O2. The number of carbonyl (C=O) groups is 2. The number of nitrogens with zero attached hydrogens (tertiary/aromatic N) is 3. The molecule has 2 heterocycles. The molecule has 1 N–H and O–H groups in total. The van der Waals surface area contributed by atoms with Crippen molar-refractivity contribution in [1.29, 1.82) is 0 Å². The van der Waals surface area contributed by atoms with E-state index in [2.05, 4.69) is 17.2 Å². The molecule has 5 rings (SSSR count). The third-order valence-electron chi connectivity index (χ3n) is 7.58. The Morgan fingerprint density at radius 1 is 1.09 bits per heavy atom. The third kappa shape index (κ3) is 3.81. The smallest absolute Gasteiger partial charge is 0.291 e. The zero-order valence-electron chi connectivity index (χ0n) is 19.7. The van der Waals surface area contributed by atoms with E-state index in [0.717, 1.165) is 47.8 Å². The van der Waals surface area contributed by atoms with E-state index in [9.17, 15) is 9.59 Å². The van der Waals surface area contributed by atoms with Gasteiger partial charge in [0, 0.05) is 12.6 Å². The van der Waals surface area contributed by atoms with Crippen LogP contribution in [0, 0.1) is 12.8 Å². The van der Waals surface area contributed by atoms with Crippen LogP contribution in [0.1, 0.15) is 61.3 Å². The van der Waals surface area contributed by atoms with Gasteiger partial charge in [-0.05, 0) is 68.7 Å². The normalized spacial score (nSPS) is 25.2. The number of aromatic nitrogens is 2. The second-order valence-corrected chi connectivity index (χ2v) is 10.0. The first-order valence-electron chi connectivity index (χ1n) is 12.0. The quantitative estimate of drug-likeness (QED) is 0.646. The molecule has 1 fully saturated rings. The van der Waals surface area contributed by atoms with Gasteiger partial charge in [0.05, 0.1) is 17.6 Å². The minimum atomic E-state index is -1.01. The van der Waals surface area contributed by atoms with Crippen LogP contribution in [-0.4, -0.2) is 37.8 Å². The highest BCUT2D eigenvalue weighted by Crippen LogP contribution is 2.33. The van der Waals surface area contributed by atoms with Crippen LogP contribution in [0.4, 0.5) is 0 Å². The fourth-order valence-corrected chi connectivity index (χ4v) is 5.28. The molecule has 3 aromatic rings. The third-order valence-corrected chi connectivity index (χ3v) is 7.58. The van der Waals surface area contributed by atoms with Crippen LogP contribution in [-0.2, 0) is 17.9 Å². The molecule has 0 saturated heterocycles. The minimum absolute atomic E-state index is 0.0765. The number of nitrogens with one attached hydrogen (secondary N) is 1. The largest absolute Gasteiger partial charge is 0.351 e. The Morgan fingerprint density at radius 2 is 1.79 bits per heavy atom. The van der Waals surface area contributed by atoms with Gasteiger partial charge in [0.15, 0.2) is 5.82 Å². The minimum Gasteiger partial charge on any atom is -0.351 e. The molecule has 1 aromatic heterocycles. The maximum absolute atomic E-state index is 13.8. The number of hydrogen-bond acceptors (Lipinski definition) is 3. The molecule has 1 aliphatic heterocycles. The molecule has 1 saturated carbocycles. The van der Waals surface area contributed by atoms with Crippen LogP contribution in [0.5, 0.6) is 0 Å². The van der Waals surface area contributed by atoms with Crippen molar-refractivity contribution in [2.75, 3.05) is 0 Å². The molecule has 6 heteroatoms. The Bertz CT molecular complexity index is 1210. The van der Waals surface area contributed by atoms with Crippen molar-refractivity contribution in [2.24, 2.45) is 5.92 Å². The number of amides is 2. The van der Waals surface area contributed by atoms with Crippen molar-refractivity contribution >= 4 is 22.8 Å². The number of carbonyl (C=O) groups excluding carboxylic acids is 2. The molecule has 2 amide bonds. The summed E-state index contributed by atoms with van der Waals surface area (Å²) >= 11 is 0. The number of para-hydroxylation sites is 2. The zero-order valence-corrected chi connectivity index (χ0v) is 19.7. The Balaban J connectivity index is 1.54. The Morgan fingerprint density at radius 3 is 2.55 bits per heavy atom. The Labute approximate surface area is 195 Å². The SMILES string of the molecule is Cc1ccccc1CN1C(=O)c2nc3ccccc3n2C[C@]1(C)C(=O)NC1CCC(C)CC1. The summed E-state index contributed by atoms with van der Waals surface area (Å²) in [7, 11) is 0. The van der Waals surface area contributed by atoms with Crippen LogP contribution < -0.4 is 5.32 Å². The molecule has 1 atom stereocenters. The number of aryl methyl sites for hydroxylation is 1. The van der Waals surface area contributed by atoms with Gasteiger partial charge in [0.2, 0.25) is 5.91 Å². The molecule has 1 aliphatic carbocycles. The maximum Gasteiger partial charge on any atom is 0.291 e. The molecule has 0 spiro atoms. The fraction of sp³-hybridized carbons (Fsp3) is 0.444. The van der Waals surface area contributed by atoms with Crippen molar-refractivity contribution in [3.05, 3.63) is 65.5 Å². The van der Waals surface area contributed by atoms with Gasteiger partial charge in [-0.2, -0.15) is 0 Å². The summed E-state index contributed by atoms with van der Waals surface area (Å²) in [6.07, 6.45) is 4.25. The number of hydrogen-bond donors (Lipinski definition) is 1. The lowest BCUT2D eigenvalue weighted by Crippen LogP contribution is -2.64. The lowest BCUT2D eigenvalue weighted by Gasteiger charge is -2.44. The predicted octanol–water partition coefficient (Wildman–Crippen LogP) is 4.45. The Hall–Kier alpha value is -3.15. The van der Waals surface area contributed by atoms with E-state index < -0.39 is 5.54 Å². The van der Waals surface area contributed by atoms with Crippen LogP contribution >= 0.6 is 0 Å². The van der Waals surface area contributed by atoms with Crippen LogP contribution in [0.2, 0.25) is 0 Å². The average Bonchev–Trinajstić information content (AvgIpc) is 3.18. The molecule has 33 heavy (non-hydrogen) atoms.